The number of carbonyl (C=O) groups is 1. The van der Waals surface area contributed by atoms with Gasteiger partial charge >= 0.3 is 0 Å². The average Bonchev–Trinajstić information content (AvgIpc) is 3.11. The van der Waals surface area contributed by atoms with Crippen LogP contribution in [0.1, 0.15) is 31.5 Å². The molecule has 8 nitrogen and oxygen atoms in total. The fourth-order valence-electron chi connectivity index (χ4n) is 1.84. The van der Waals surface area contributed by atoms with E-state index in [4.69, 9.17) is 6.42 Å². The summed E-state index contributed by atoms with van der Waals surface area (Å²) in [7, 11) is 1.77. The molecule has 1 aliphatic heterocycles. The molecular formula is C12H17N7O. The third kappa shape index (κ3) is 3.85. The van der Waals surface area contributed by atoms with Crippen LogP contribution in [0.5, 0.6) is 0 Å². The lowest BCUT2D eigenvalue weighted by molar-refractivity contribution is -0.121. The lowest BCUT2D eigenvalue weighted by Gasteiger charge is -2.08. The van der Waals surface area contributed by atoms with Crippen molar-refractivity contribution in [3.63, 3.8) is 0 Å². The topological polar surface area (TPSA) is 97.4 Å². The van der Waals surface area contributed by atoms with Crippen molar-refractivity contribution in [1.82, 2.24) is 25.5 Å². The van der Waals surface area contributed by atoms with Crippen LogP contribution in [0.4, 0.5) is 0 Å². The molecule has 1 aromatic heterocycles. The summed E-state index contributed by atoms with van der Waals surface area (Å²) in [4.78, 5) is 11.7. The molecule has 106 valence electrons. The summed E-state index contributed by atoms with van der Waals surface area (Å²) in [5.74, 6) is 3.29. The molecule has 0 bridgehead atoms. The number of terminal acetylenes is 1. The largest absolute Gasteiger partial charge is 0.356 e. The smallest absolute Gasteiger partial charge is 0.220 e. The van der Waals surface area contributed by atoms with Gasteiger partial charge in [-0.1, -0.05) is 0 Å². The minimum atomic E-state index is -0.392. The Hall–Kier alpha value is -2.30. The number of tetrazole rings is 1. The van der Waals surface area contributed by atoms with Gasteiger partial charge in [-0.05, 0) is 10.4 Å². The highest BCUT2D eigenvalue weighted by atomic mass is 16.1. The number of nitrogens with one attached hydrogen (secondary N) is 1. The van der Waals surface area contributed by atoms with Crippen molar-refractivity contribution in [2.75, 3.05) is 6.54 Å². The number of carbonyl (C=O) groups excluding carboxylic acids is 1. The molecule has 0 aliphatic carbocycles. The number of aromatic nitrogens is 4. The quantitative estimate of drug-likeness (QED) is 0.686. The van der Waals surface area contributed by atoms with Gasteiger partial charge in [0.05, 0.1) is 0 Å². The summed E-state index contributed by atoms with van der Waals surface area (Å²) in [5.41, 5.74) is -0.392. The van der Waals surface area contributed by atoms with Crippen LogP contribution >= 0.6 is 0 Å². The Morgan fingerprint density at radius 3 is 2.85 bits per heavy atom. The summed E-state index contributed by atoms with van der Waals surface area (Å²) in [6.45, 7) is 0.513. The van der Waals surface area contributed by atoms with E-state index in [1.165, 1.54) is 0 Å². The maximum atomic E-state index is 11.7. The second-order valence-electron chi connectivity index (χ2n) is 4.71. The fraction of sp³-hybridized carbons (Fsp3) is 0.667. The number of hydrogen-bond donors (Lipinski definition) is 1. The maximum Gasteiger partial charge on any atom is 0.220 e. The number of rotatable bonds is 8. The third-order valence-electron chi connectivity index (χ3n) is 3.18. The molecule has 0 saturated carbocycles. The zero-order valence-electron chi connectivity index (χ0n) is 11.4. The summed E-state index contributed by atoms with van der Waals surface area (Å²) in [6, 6.07) is 0. The van der Waals surface area contributed by atoms with Crippen LogP contribution in [0.3, 0.4) is 0 Å². The summed E-state index contributed by atoms with van der Waals surface area (Å²) >= 11 is 0. The molecule has 1 aromatic rings. The van der Waals surface area contributed by atoms with Gasteiger partial charge in [-0.15, -0.1) is 17.4 Å². The van der Waals surface area contributed by atoms with Gasteiger partial charge in [0.2, 0.25) is 5.91 Å². The first-order valence-corrected chi connectivity index (χ1v) is 6.51. The maximum absolute atomic E-state index is 11.7. The number of hydrogen-bond acceptors (Lipinski definition) is 6. The number of amides is 1. The molecule has 0 saturated heterocycles. The normalized spacial score (nSPS) is 14.8. The van der Waals surface area contributed by atoms with Crippen LogP contribution in [-0.4, -0.2) is 38.3 Å². The van der Waals surface area contributed by atoms with Gasteiger partial charge < -0.3 is 5.32 Å². The first-order valence-electron chi connectivity index (χ1n) is 6.51. The van der Waals surface area contributed by atoms with E-state index in [1.807, 2.05) is 0 Å². The molecule has 1 amide bonds. The van der Waals surface area contributed by atoms with E-state index >= 15 is 0 Å². The SMILES string of the molecule is C#CCCC1(CCC(=O)NCCc2nnnn2C)N=N1. The van der Waals surface area contributed by atoms with Crippen molar-refractivity contribution >= 4 is 5.91 Å². The van der Waals surface area contributed by atoms with E-state index in [2.05, 4.69) is 37.0 Å². The number of aryl methyl sites for hydroxylation is 1. The van der Waals surface area contributed by atoms with Crippen LogP contribution in [-0.2, 0) is 18.3 Å². The van der Waals surface area contributed by atoms with Crippen molar-refractivity contribution in [2.45, 2.75) is 37.8 Å². The van der Waals surface area contributed by atoms with E-state index in [-0.39, 0.29) is 5.91 Å². The monoisotopic (exact) mass is 275 g/mol. The van der Waals surface area contributed by atoms with Gasteiger partial charge in [-0.3, -0.25) is 4.79 Å². The first kappa shape index (κ1) is 14.1. The molecule has 2 rings (SSSR count). The van der Waals surface area contributed by atoms with Gasteiger partial charge in [0.25, 0.3) is 0 Å². The lowest BCUT2D eigenvalue weighted by Crippen LogP contribution is -2.27. The minimum Gasteiger partial charge on any atom is -0.356 e. The minimum absolute atomic E-state index is 0.0162. The summed E-state index contributed by atoms with van der Waals surface area (Å²) in [5, 5.41) is 21.9. The van der Waals surface area contributed by atoms with Crippen molar-refractivity contribution in [2.24, 2.45) is 17.3 Å². The Kier molecular flexibility index (Phi) is 4.40. The molecule has 2 heterocycles. The zero-order chi connectivity index (χ0) is 14.4. The molecule has 0 spiro atoms. The lowest BCUT2D eigenvalue weighted by atomic mass is 10.0. The van der Waals surface area contributed by atoms with Crippen molar-refractivity contribution in [3.05, 3.63) is 5.82 Å². The van der Waals surface area contributed by atoms with E-state index in [0.29, 0.717) is 32.2 Å². The average molecular weight is 275 g/mol. The Morgan fingerprint density at radius 2 is 2.25 bits per heavy atom. The highest BCUT2D eigenvalue weighted by Gasteiger charge is 2.39. The molecule has 8 heteroatoms. The first-order chi connectivity index (χ1) is 9.65. The van der Waals surface area contributed by atoms with Crippen LogP contribution in [0.2, 0.25) is 0 Å². The third-order valence-corrected chi connectivity index (χ3v) is 3.18. The van der Waals surface area contributed by atoms with Crippen LogP contribution in [0, 0.1) is 12.3 Å². The Morgan fingerprint density at radius 1 is 1.45 bits per heavy atom. The van der Waals surface area contributed by atoms with E-state index in [9.17, 15) is 4.79 Å². The second-order valence-corrected chi connectivity index (χ2v) is 4.71. The van der Waals surface area contributed by atoms with Gasteiger partial charge in [-0.25, -0.2) is 4.68 Å². The standard InChI is InChI=1S/C12H17N7O/c1-3-4-7-12(15-16-12)8-5-11(20)13-9-6-10-14-17-18-19(10)2/h1H,4-9H2,2H3,(H,13,20). The fourth-order valence-corrected chi connectivity index (χ4v) is 1.84. The molecule has 0 aromatic carbocycles. The van der Waals surface area contributed by atoms with E-state index in [0.717, 1.165) is 12.2 Å². The van der Waals surface area contributed by atoms with Crippen molar-refractivity contribution in [1.29, 1.82) is 0 Å². The summed E-state index contributed by atoms with van der Waals surface area (Å²) < 4.78 is 1.59. The highest BCUT2D eigenvalue weighted by molar-refractivity contribution is 5.75. The van der Waals surface area contributed by atoms with Crippen LogP contribution < -0.4 is 5.32 Å². The van der Waals surface area contributed by atoms with Crippen LogP contribution in [0.25, 0.3) is 0 Å². The summed E-state index contributed by atoms with van der Waals surface area (Å²) in [6.07, 6.45) is 8.19. The molecule has 0 atom stereocenters. The second kappa shape index (κ2) is 6.23. The van der Waals surface area contributed by atoms with E-state index < -0.39 is 5.66 Å². The molecule has 1 N–H and O–H groups in total. The Bertz CT molecular complexity index is 536. The molecule has 0 unspecified atom stereocenters. The van der Waals surface area contributed by atoms with Gasteiger partial charge in [-0.2, -0.15) is 10.2 Å². The highest BCUT2D eigenvalue weighted by Crippen LogP contribution is 2.37. The van der Waals surface area contributed by atoms with Crippen molar-refractivity contribution in [3.8, 4) is 12.3 Å². The molecule has 0 radical (unpaired) electrons. The molecular weight excluding hydrogens is 258 g/mol. The Labute approximate surface area is 117 Å². The van der Waals surface area contributed by atoms with E-state index in [1.54, 1.807) is 11.7 Å². The van der Waals surface area contributed by atoms with Crippen LogP contribution in [0.15, 0.2) is 10.2 Å². The molecule has 1 aliphatic rings. The predicted octanol–water partition coefficient (Wildman–Crippen LogP) is 0.224. The predicted molar refractivity (Wildman–Crippen MR) is 70.4 cm³/mol. The molecule has 20 heavy (non-hydrogen) atoms. The van der Waals surface area contributed by atoms with Gasteiger partial charge in [0.15, 0.2) is 11.5 Å². The zero-order valence-corrected chi connectivity index (χ0v) is 11.4. The van der Waals surface area contributed by atoms with Gasteiger partial charge in [0.1, 0.15) is 0 Å². The van der Waals surface area contributed by atoms with Crippen molar-refractivity contribution < 1.29 is 4.79 Å². The Balaban J connectivity index is 1.62. The number of nitrogens with zero attached hydrogens (tertiary/aromatic N) is 6. The van der Waals surface area contributed by atoms with Gasteiger partial charge in [0, 0.05) is 45.7 Å². The molecule has 0 fully saturated rings.